The maximum atomic E-state index is 13.0. The van der Waals surface area contributed by atoms with Gasteiger partial charge in [-0.2, -0.15) is 4.31 Å². The van der Waals surface area contributed by atoms with Crippen LogP contribution in [-0.2, 0) is 14.8 Å². The Kier molecular flexibility index (Phi) is 6.57. The fourth-order valence-electron chi connectivity index (χ4n) is 4.35. The second-order valence-electron chi connectivity index (χ2n) is 9.49. The summed E-state index contributed by atoms with van der Waals surface area (Å²) in [5.41, 5.74) is 0.675. The van der Waals surface area contributed by atoms with Gasteiger partial charge in [-0.15, -0.1) is 0 Å². The summed E-state index contributed by atoms with van der Waals surface area (Å²) in [6, 6.07) is 6.52. The van der Waals surface area contributed by atoms with E-state index in [2.05, 4.69) is 20.8 Å². The van der Waals surface area contributed by atoms with Gasteiger partial charge < -0.3 is 9.80 Å². The van der Waals surface area contributed by atoms with Gasteiger partial charge in [0.2, 0.25) is 15.9 Å². The third-order valence-corrected chi connectivity index (χ3v) is 7.82. The van der Waals surface area contributed by atoms with E-state index in [9.17, 15) is 18.0 Å². The highest BCUT2D eigenvalue weighted by Crippen LogP contribution is 2.31. The molecule has 166 valence electrons. The van der Waals surface area contributed by atoms with Gasteiger partial charge in [0.15, 0.2) is 0 Å². The number of rotatable bonds is 4. The maximum Gasteiger partial charge on any atom is 0.254 e. The first-order valence-corrected chi connectivity index (χ1v) is 12.1. The van der Waals surface area contributed by atoms with Crippen LogP contribution in [0.4, 0.5) is 0 Å². The Morgan fingerprint density at radius 1 is 1.00 bits per heavy atom. The van der Waals surface area contributed by atoms with Crippen LogP contribution >= 0.6 is 0 Å². The molecule has 1 unspecified atom stereocenters. The van der Waals surface area contributed by atoms with Crippen molar-refractivity contribution in [2.75, 3.05) is 32.7 Å². The number of amides is 2. The first-order valence-electron chi connectivity index (χ1n) is 10.7. The Hall–Kier alpha value is -1.93. The van der Waals surface area contributed by atoms with Gasteiger partial charge in [-0.3, -0.25) is 9.59 Å². The van der Waals surface area contributed by atoms with Crippen LogP contribution in [-0.4, -0.2) is 73.1 Å². The summed E-state index contributed by atoms with van der Waals surface area (Å²) in [5, 5.41) is 0. The largest absolute Gasteiger partial charge is 0.340 e. The van der Waals surface area contributed by atoms with E-state index in [-0.39, 0.29) is 41.3 Å². The van der Waals surface area contributed by atoms with Crippen molar-refractivity contribution in [1.29, 1.82) is 0 Å². The Morgan fingerprint density at radius 2 is 1.60 bits per heavy atom. The van der Waals surface area contributed by atoms with Gasteiger partial charge in [0.1, 0.15) is 0 Å². The highest BCUT2D eigenvalue weighted by atomic mass is 32.2. The molecule has 2 saturated heterocycles. The molecule has 0 aromatic heterocycles. The van der Waals surface area contributed by atoms with Crippen LogP contribution < -0.4 is 0 Å². The second kappa shape index (κ2) is 8.67. The number of nitrogens with zero attached hydrogens (tertiary/aromatic N) is 3. The predicted octanol–water partition coefficient (Wildman–Crippen LogP) is 2.58. The molecular weight excluding hydrogens is 402 g/mol. The summed E-state index contributed by atoms with van der Waals surface area (Å²) in [5.74, 6) is -0.0673. The molecule has 0 bridgehead atoms. The molecule has 2 fully saturated rings. The minimum atomic E-state index is -3.64. The summed E-state index contributed by atoms with van der Waals surface area (Å²) in [7, 11) is -3.64. The lowest BCUT2D eigenvalue weighted by Gasteiger charge is -2.33. The third-order valence-electron chi connectivity index (χ3n) is 5.91. The van der Waals surface area contributed by atoms with Gasteiger partial charge >= 0.3 is 0 Å². The van der Waals surface area contributed by atoms with Gasteiger partial charge in [0.25, 0.3) is 5.91 Å². The second-order valence-corrected chi connectivity index (χ2v) is 11.4. The van der Waals surface area contributed by atoms with Gasteiger partial charge in [-0.1, -0.05) is 20.8 Å². The lowest BCUT2D eigenvalue weighted by atomic mass is 9.87. The zero-order chi connectivity index (χ0) is 22.1. The van der Waals surface area contributed by atoms with Crippen molar-refractivity contribution in [1.82, 2.24) is 14.1 Å². The fourth-order valence-corrected chi connectivity index (χ4v) is 5.77. The molecule has 3 rings (SSSR count). The topological polar surface area (TPSA) is 78.0 Å². The lowest BCUT2D eigenvalue weighted by Crippen LogP contribution is -2.49. The molecule has 0 aliphatic carbocycles. The number of hydrogen-bond acceptors (Lipinski definition) is 4. The zero-order valence-electron chi connectivity index (χ0n) is 18.4. The number of piperazine rings is 1. The molecular formula is C22H33N3O4S. The van der Waals surface area contributed by atoms with Crippen molar-refractivity contribution >= 4 is 21.8 Å². The molecule has 8 heteroatoms. The minimum Gasteiger partial charge on any atom is -0.340 e. The molecule has 2 amide bonds. The molecule has 2 heterocycles. The summed E-state index contributed by atoms with van der Waals surface area (Å²) in [4.78, 5) is 28.3. The lowest BCUT2D eigenvalue weighted by molar-refractivity contribution is -0.129. The molecule has 2 aliphatic heterocycles. The van der Waals surface area contributed by atoms with E-state index >= 15 is 0 Å². The monoisotopic (exact) mass is 435 g/mol. The molecule has 2 aliphatic rings. The minimum absolute atomic E-state index is 0.0271. The highest BCUT2D eigenvalue weighted by molar-refractivity contribution is 7.89. The summed E-state index contributed by atoms with van der Waals surface area (Å²) in [6.45, 7) is 10.2. The Labute approximate surface area is 180 Å². The van der Waals surface area contributed by atoms with Crippen molar-refractivity contribution in [3.63, 3.8) is 0 Å². The number of benzene rings is 1. The van der Waals surface area contributed by atoms with Crippen LogP contribution in [0.3, 0.4) is 0 Å². The first kappa shape index (κ1) is 22.7. The summed E-state index contributed by atoms with van der Waals surface area (Å²) >= 11 is 0. The van der Waals surface area contributed by atoms with Crippen LogP contribution in [0.25, 0.3) is 0 Å². The highest BCUT2D eigenvalue weighted by Gasteiger charge is 2.33. The molecule has 7 nitrogen and oxygen atoms in total. The summed E-state index contributed by atoms with van der Waals surface area (Å²) in [6.07, 6.45) is 2.98. The Balaban J connectivity index is 1.70. The molecule has 0 radical (unpaired) electrons. The quantitative estimate of drug-likeness (QED) is 0.728. The molecule has 1 aromatic carbocycles. The predicted molar refractivity (Wildman–Crippen MR) is 116 cm³/mol. The standard InChI is InChI=1S/C22H33N3O4S/c1-17(26)23-12-14-24(15-13-23)30(28,29)20-9-7-18(8-10-20)21(27)25-11-5-6-19(25)16-22(2,3)4/h7-10,19H,5-6,11-16H2,1-4H3. The number of sulfonamides is 1. The molecule has 1 aromatic rings. The molecule has 30 heavy (non-hydrogen) atoms. The molecule has 1 atom stereocenters. The van der Waals surface area contributed by atoms with Gasteiger partial charge in [0, 0.05) is 51.3 Å². The van der Waals surface area contributed by atoms with Crippen LogP contribution in [0.2, 0.25) is 0 Å². The molecule has 0 N–H and O–H groups in total. The average Bonchev–Trinajstić information content (AvgIpc) is 3.13. The van der Waals surface area contributed by atoms with E-state index in [1.54, 1.807) is 17.0 Å². The van der Waals surface area contributed by atoms with Crippen molar-refractivity contribution in [3.05, 3.63) is 29.8 Å². The SMILES string of the molecule is CC(=O)N1CCN(S(=O)(=O)c2ccc(C(=O)N3CCCC3CC(C)(C)C)cc2)CC1. The van der Waals surface area contributed by atoms with E-state index in [4.69, 9.17) is 0 Å². The maximum absolute atomic E-state index is 13.0. The Morgan fingerprint density at radius 3 is 2.13 bits per heavy atom. The van der Waals surface area contributed by atoms with E-state index in [0.717, 1.165) is 25.8 Å². The summed E-state index contributed by atoms with van der Waals surface area (Å²) < 4.78 is 27.3. The first-order chi connectivity index (χ1) is 14.0. The van der Waals surface area contributed by atoms with Crippen molar-refractivity contribution < 1.29 is 18.0 Å². The van der Waals surface area contributed by atoms with E-state index in [0.29, 0.717) is 18.7 Å². The van der Waals surface area contributed by atoms with Crippen LogP contribution in [0.15, 0.2) is 29.2 Å². The van der Waals surface area contributed by atoms with Crippen molar-refractivity contribution in [3.8, 4) is 0 Å². The third kappa shape index (κ3) is 5.03. The number of likely N-dealkylation sites (tertiary alicyclic amines) is 1. The van der Waals surface area contributed by atoms with Gasteiger partial charge in [-0.05, 0) is 48.9 Å². The van der Waals surface area contributed by atoms with E-state index in [1.807, 2.05) is 4.90 Å². The van der Waals surface area contributed by atoms with Gasteiger partial charge in [0.05, 0.1) is 4.90 Å². The smallest absolute Gasteiger partial charge is 0.254 e. The van der Waals surface area contributed by atoms with Crippen LogP contribution in [0.1, 0.15) is 57.3 Å². The number of hydrogen-bond donors (Lipinski definition) is 0. The van der Waals surface area contributed by atoms with E-state index in [1.165, 1.54) is 23.4 Å². The van der Waals surface area contributed by atoms with Crippen molar-refractivity contribution in [2.24, 2.45) is 5.41 Å². The average molecular weight is 436 g/mol. The zero-order valence-corrected chi connectivity index (χ0v) is 19.2. The molecule has 0 spiro atoms. The van der Waals surface area contributed by atoms with Gasteiger partial charge in [-0.25, -0.2) is 8.42 Å². The van der Waals surface area contributed by atoms with E-state index < -0.39 is 10.0 Å². The molecule has 0 saturated carbocycles. The number of carbonyl (C=O) groups is 2. The van der Waals surface area contributed by atoms with Crippen molar-refractivity contribution in [2.45, 2.75) is 57.9 Å². The normalized spacial score (nSPS) is 21.1. The van der Waals surface area contributed by atoms with Crippen LogP contribution in [0, 0.1) is 5.41 Å². The fraction of sp³-hybridized carbons (Fsp3) is 0.636. The van der Waals surface area contributed by atoms with Crippen LogP contribution in [0.5, 0.6) is 0 Å². The Bertz CT molecular complexity index is 882. The number of carbonyl (C=O) groups excluding carboxylic acids is 2.